The molecule has 1 N–H and O–H groups in total. The SMILES string of the molecule is Cc1nccc([C@@H]2CN(Cc3cn[nH]c3-c3cccs3)CCO2)n1. The van der Waals surface area contributed by atoms with Gasteiger partial charge in [0.2, 0.25) is 0 Å². The minimum Gasteiger partial charge on any atom is -0.369 e. The van der Waals surface area contributed by atoms with Gasteiger partial charge in [0.05, 0.1) is 29.1 Å². The molecule has 4 rings (SSSR count). The molecule has 3 aromatic heterocycles. The zero-order chi connectivity index (χ0) is 16.4. The molecule has 3 aromatic rings. The van der Waals surface area contributed by atoms with Gasteiger partial charge in [0, 0.05) is 31.4 Å². The summed E-state index contributed by atoms with van der Waals surface area (Å²) in [6.07, 6.45) is 3.72. The summed E-state index contributed by atoms with van der Waals surface area (Å²) < 4.78 is 5.92. The molecule has 0 aromatic carbocycles. The van der Waals surface area contributed by atoms with E-state index in [-0.39, 0.29) is 6.10 Å². The van der Waals surface area contributed by atoms with Gasteiger partial charge < -0.3 is 4.74 Å². The van der Waals surface area contributed by atoms with Gasteiger partial charge in [-0.3, -0.25) is 10.00 Å². The van der Waals surface area contributed by atoms with Crippen LogP contribution < -0.4 is 0 Å². The van der Waals surface area contributed by atoms with E-state index in [4.69, 9.17) is 4.74 Å². The van der Waals surface area contributed by atoms with Crippen LogP contribution in [0.2, 0.25) is 0 Å². The second-order valence-corrected chi connectivity index (χ2v) is 6.82. The number of H-pyrrole nitrogens is 1. The Morgan fingerprint density at radius 1 is 1.42 bits per heavy atom. The average molecular weight is 341 g/mol. The molecule has 0 spiro atoms. The number of rotatable bonds is 4. The first-order chi connectivity index (χ1) is 11.8. The zero-order valence-corrected chi connectivity index (χ0v) is 14.3. The molecule has 0 amide bonds. The Labute approximate surface area is 144 Å². The summed E-state index contributed by atoms with van der Waals surface area (Å²) in [5, 5.41) is 9.45. The molecule has 1 aliphatic rings. The van der Waals surface area contributed by atoms with E-state index in [9.17, 15) is 0 Å². The summed E-state index contributed by atoms with van der Waals surface area (Å²) in [6, 6.07) is 6.12. The van der Waals surface area contributed by atoms with Crippen LogP contribution in [0, 0.1) is 6.92 Å². The highest BCUT2D eigenvalue weighted by Crippen LogP contribution is 2.28. The van der Waals surface area contributed by atoms with Crippen LogP contribution in [0.25, 0.3) is 10.6 Å². The highest BCUT2D eigenvalue weighted by Gasteiger charge is 2.24. The lowest BCUT2D eigenvalue weighted by molar-refractivity contribution is -0.0350. The van der Waals surface area contributed by atoms with Crippen LogP contribution >= 0.6 is 11.3 Å². The number of aromatic nitrogens is 4. The maximum atomic E-state index is 5.92. The Hall–Kier alpha value is -2.09. The van der Waals surface area contributed by atoms with Gasteiger partial charge in [0.15, 0.2) is 0 Å². The molecule has 0 unspecified atom stereocenters. The fourth-order valence-corrected chi connectivity index (χ4v) is 3.74. The molecular weight excluding hydrogens is 322 g/mol. The number of nitrogens with zero attached hydrogens (tertiary/aromatic N) is 4. The van der Waals surface area contributed by atoms with Crippen LogP contribution in [-0.4, -0.2) is 44.8 Å². The van der Waals surface area contributed by atoms with Gasteiger partial charge in [-0.15, -0.1) is 11.3 Å². The molecule has 4 heterocycles. The first-order valence-corrected chi connectivity index (χ1v) is 8.87. The van der Waals surface area contributed by atoms with E-state index in [0.29, 0.717) is 6.61 Å². The van der Waals surface area contributed by atoms with Crippen molar-refractivity contribution in [3.8, 4) is 10.6 Å². The van der Waals surface area contributed by atoms with Crippen molar-refractivity contribution in [3.05, 3.63) is 53.1 Å². The Kier molecular flexibility index (Phi) is 4.38. The highest BCUT2D eigenvalue weighted by atomic mass is 32.1. The number of aromatic amines is 1. The van der Waals surface area contributed by atoms with E-state index in [1.807, 2.05) is 19.2 Å². The number of nitrogens with one attached hydrogen (secondary N) is 1. The van der Waals surface area contributed by atoms with E-state index < -0.39 is 0 Å². The van der Waals surface area contributed by atoms with Crippen molar-refractivity contribution in [2.45, 2.75) is 19.6 Å². The predicted octanol–water partition coefficient (Wildman–Crippen LogP) is 2.81. The van der Waals surface area contributed by atoms with Gasteiger partial charge in [0.1, 0.15) is 11.9 Å². The second kappa shape index (κ2) is 6.80. The van der Waals surface area contributed by atoms with Gasteiger partial charge in [0.25, 0.3) is 0 Å². The van der Waals surface area contributed by atoms with Crippen LogP contribution in [0.15, 0.2) is 36.0 Å². The molecule has 0 bridgehead atoms. The van der Waals surface area contributed by atoms with Crippen molar-refractivity contribution in [1.82, 2.24) is 25.1 Å². The first-order valence-electron chi connectivity index (χ1n) is 7.99. The van der Waals surface area contributed by atoms with Gasteiger partial charge >= 0.3 is 0 Å². The molecule has 1 atom stereocenters. The molecular formula is C17H19N5OS. The van der Waals surface area contributed by atoms with E-state index >= 15 is 0 Å². The fraction of sp³-hybridized carbons (Fsp3) is 0.353. The Morgan fingerprint density at radius 2 is 2.38 bits per heavy atom. The number of thiophene rings is 1. The number of hydrogen-bond acceptors (Lipinski definition) is 6. The molecule has 1 fully saturated rings. The maximum absolute atomic E-state index is 5.92. The molecule has 124 valence electrons. The minimum absolute atomic E-state index is 0.00228. The molecule has 0 aliphatic carbocycles. The molecule has 1 saturated heterocycles. The Balaban J connectivity index is 1.49. The van der Waals surface area contributed by atoms with Crippen molar-refractivity contribution >= 4 is 11.3 Å². The van der Waals surface area contributed by atoms with E-state index in [0.717, 1.165) is 36.8 Å². The predicted molar refractivity (Wildman–Crippen MR) is 92.6 cm³/mol. The quantitative estimate of drug-likeness (QED) is 0.790. The summed E-state index contributed by atoms with van der Waals surface area (Å²) in [6.45, 7) is 5.21. The molecule has 7 heteroatoms. The van der Waals surface area contributed by atoms with E-state index in [1.54, 1.807) is 17.5 Å². The summed E-state index contributed by atoms with van der Waals surface area (Å²) in [5.74, 6) is 0.781. The van der Waals surface area contributed by atoms with Gasteiger partial charge in [-0.25, -0.2) is 9.97 Å². The number of aryl methyl sites for hydroxylation is 1. The summed E-state index contributed by atoms with van der Waals surface area (Å²) in [7, 11) is 0. The highest BCUT2D eigenvalue weighted by molar-refractivity contribution is 7.13. The van der Waals surface area contributed by atoms with Crippen molar-refractivity contribution in [1.29, 1.82) is 0 Å². The van der Waals surface area contributed by atoms with Crippen LogP contribution in [0.3, 0.4) is 0 Å². The van der Waals surface area contributed by atoms with Crippen molar-refractivity contribution in [2.75, 3.05) is 19.7 Å². The maximum Gasteiger partial charge on any atom is 0.125 e. The molecule has 0 radical (unpaired) electrons. The summed E-state index contributed by atoms with van der Waals surface area (Å²) in [5.41, 5.74) is 3.29. The second-order valence-electron chi connectivity index (χ2n) is 5.87. The summed E-state index contributed by atoms with van der Waals surface area (Å²) in [4.78, 5) is 12.3. The topological polar surface area (TPSA) is 66.9 Å². The van der Waals surface area contributed by atoms with Gasteiger partial charge in [-0.1, -0.05) is 6.07 Å². The normalized spacial score (nSPS) is 18.8. The van der Waals surface area contributed by atoms with E-state index in [1.165, 1.54) is 10.4 Å². The minimum atomic E-state index is -0.00228. The number of morpholine rings is 1. The lowest BCUT2D eigenvalue weighted by atomic mass is 10.1. The monoisotopic (exact) mass is 341 g/mol. The molecule has 24 heavy (non-hydrogen) atoms. The van der Waals surface area contributed by atoms with Crippen LogP contribution in [0.1, 0.15) is 23.2 Å². The zero-order valence-electron chi connectivity index (χ0n) is 13.5. The van der Waals surface area contributed by atoms with Crippen molar-refractivity contribution < 1.29 is 4.74 Å². The lowest BCUT2D eigenvalue weighted by Crippen LogP contribution is -2.38. The molecule has 1 aliphatic heterocycles. The van der Waals surface area contributed by atoms with Crippen molar-refractivity contribution in [3.63, 3.8) is 0 Å². The summed E-state index contributed by atoms with van der Waals surface area (Å²) >= 11 is 1.72. The number of hydrogen-bond donors (Lipinski definition) is 1. The van der Waals surface area contributed by atoms with E-state index in [2.05, 4.69) is 42.6 Å². The third kappa shape index (κ3) is 3.24. The average Bonchev–Trinajstić information content (AvgIpc) is 3.26. The van der Waals surface area contributed by atoms with Crippen LogP contribution in [0.4, 0.5) is 0 Å². The van der Waals surface area contributed by atoms with Crippen LogP contribution in [-0.2, 0) is 11.3 Å². The van der Waals surface area contributed by atoms with Crippen molar-refractivity contribution in [2.24, 2.45) is 0 Å². The lowest BCUT2D eigenvalue weighted by Gasteiger charge is -2.32. The van der Waals surface area contributed by atoms with Gasteiger partial charge in [-0.2, -0.15) is 5.10 Å². The Bertz CT molecular complexity index is 801. The Morgan fingerprint density at radius 3 is 3.21 bits per heavy atom. The third-order valence-electron chi connectivity index (χ3n) is 4.16. The first kappa shape index (κ1) is 15.4. The third-order valence-corrected chi connectivity index (χ3v) is 5.04. The standard InChI is InChI=1S/C17H19N5OS/c1-12-18-5-4-14(20-12)15-11-22(6-7-23-15)10-13-9-19-21-17(13)16-3-2-8-24-16/h2-5,8-9,15H,6-7,10-11H2,1H3,(H,19,21)/t15-/m0/s1. The van der Waals surface area contributed by atoms with Gasteiger partial charge in [-0.05, 0) is 24.4 Å². The number of ether oxygens (including phenoxy) is 1. The smallest absolute Gasteiger partial charge is 0.125 e. The fourth-order valence-electron chi connectivity index (χ4n) is 2.98. The molecule has 0 saturated carbocycles. The van der Waals surface area contributed by atoms with Crippen LogP contribution in [0.5, 0.6) is 0 Å². The molecule has 6 nitrogen and oxygen atoms in total. The largest absolute Gasteiger partial charge is 0.369 e.